The van der Waals surface area contributed by atoms with E-state index in [1.165, 1.54) is 31.3 Å². The van der Waals surface area contributed by atoms with E-state index in [0.29, 0.717) is 17.1 Å². The van der Waals surface area contributed by atoms with E-state index in [-0.39, 0.29) is 24.5 Å². The number of aromatic nitrogens is 1. The molecule has 3 atom stereocenters. The number of likely N-dealkylation sites (tertiary alicyclic amines) is 1. The number of aryl methyl sites for hydroxylation is 1. The molecule has 1 saturated carbocycles. The predicted molar refractivity (Wildman–Crippen MR) is 88.4 cm³/mol. The van der Waals surface area contributed by atoms with Crippen molar-refractivity contribution >= 4 is 28.3 Å². The molecule has 1 aromatic heterocycles. The molecule has 1 N–H and O–H groups in total. The molecule has 2 fully saturated rings. The number of thiazole rings is 1. The van der Waals surface area contributed by atoms with Gasteiger partial charge in [-0.25, -0.2) is 4.98 Å². The molecule has 3 rings (SSSR count). The number of hydrogen-bond acceptors (Lipinski definition) is 6. The lowest BCUT2D eigenvalue weighted by Gasteiger charge is -2.32. The summed E-state index contributed by atoms with van der Waals surface area (Å²) in [5, 5.41) is 5.35. The lowest BCUT2D eigenvalue weighted by Crippen LogP contribution is -2.46. The van der Waals surface area contributed by atoms with Crippen LogP contribution in [0, 0.1) is 12.8 Å². The highest BCUT2D eigenvalue weighted by molar-refractivity contribution is 7.13. The molecule has 0 unspecified atom stereocenters. The van der Waals surface area contributed by atoms with Crippen molar-refractivity contribution < 1.29 is 14.3 Å². The van der Waals surface area contributed by atoms with Crippen molar-refractivity contribution in [1.82, 2.24) is 9.88 Å². The summed E-state index contributed by atoms with van der Waals surface area (Å²) in [6.07, 6.45) is 5.39. The molecule has 1 saturated heterocycles. The molecule has 6 nitrogen and oxygen atoms in total. The molecular formula is C16H23N3O3S. The number of rotatable bonds is 4. The van der Waals surface area contributed by atoms with Gasteiger partial charge >= 0.3 is 5.97 Å². The number of carbonyl (C=O) groups excluding carboxylic acids is 2. The average Bonchev–Trinajstić information content (AvgIpc) is 3.11. The van der Waals surface area contributed by atoms with Gasteiger partial charge in [0.25, 0.3) is 0 Å². The average molecular weight is 337 g/mol. The van der Waals surface area contributed by atoms with Crippen LogP contribution in [0.3, 0.4) is 0 Å². The van der Waals surface area contributed by atoms with E-state index in [2.05, 4.69) is 10.3 Å². The molecule has 2 heterocycles. The summed E-state index contributed by atoms with van der Waals surface area (Å²) in [6, 6.07) is 0.0218. The molecule has 1 aromatic rings. The van der Waals surface area contributed by atoms with E-state index in [4.69, 9.17) is 4.74 Å². The normalized spacial score (nSPS) is 27.5. The second-order valence-electron chi connectivity index (χ2n) is 6.40. The Bertz CT molecular complexity index is 589. The van der Waals surface area contributed by atoms with Crippen molar-refractivity contribution in [2.75, 3.05) is 19.0 Å². The summed E-state index contributed by atoms with van der Waals surface area (Å²) in [5.74, 6) is 0.166. The van der Waals surface area contributed by atoms with Crippen molar-refractivity contribution in [3.05, 3.63) is 11.1 Å². The second-order valence-corrected chi connectivity index (χ2v) is 7.26. The fraction of sp³-hybridized carbons (Fsp3) is 0.688. The fourth-order valence-corrected chi connectivity index (χ4v) is 4.59. The van der Waals surface area contributed by atoms with E-state index in [1.54, 1.807) is 0 Å². The minimum atomic E-state index is -0.295. The molecule has 1 aliphatic heterocycles. The van der Waals surface area contributed by atoms with E-state index in [0.717, 1.165) is 25.0 Å². The number of nitrogens with zero attached hydrogens (tertiary/aromatic N) is 2. The molecule has 1 amide bonds. The zero-order valence-corrected chi connectivity index (χ0v) is 14.4. The maximum Gasteiger partial charge on any atom is 0.323 e. The highest BCUT2D eigenvalue weighted by Gasteiger charge is 2.46. The Morgan fingerprint density at radius 3 is 2.91 bits per heavy atom. The first-order chi connectivity index (χ1) is 11.1. The Hall–Kier alpha value is -1.47. The lowest BCUT2D eigenvalue weighted by molar-refractivity contribution is -0.146. The number of esters is 1. The minimum absolute atomic E-state index is 0.112. The fourth-order valence-electron chi connectivity index (χ4n) is 3.88. The molecule has 1 aliphatic carbocycles. The zero-order chi connectivity index (χ0) is 16.4. The van der Waals surface area contributed by atoms with Gasteiger partial charge in [-0.1, -0.05) is 12.8 Å². The first kappa shape index (κ1) is 16.4. The molecule has 0 radical (unpaired) electrons. The third-order valence-electron chi connectivity index (χ3n) is 4.89. The highest BCUT2D eigenvalue weighted by Crippen LogP contribution is 2.39. The van der Waals surface area contributed by atoms with E-state index < -0.39 is 0 Å². The Balaban J connectivity index is 1.69. The number of ether oxygens (including phenoxy) is 1. The molecular weight excluding hydrogens is 314 g/mol. The lowest BCUT2D eigenvalue weighted by atomic mass is 9.85. The quantitative estimate of drug-likeness (QED) is 0.853. The third kappa shape index (κ3) is 3.55. The maximum absolute atomic E-state index is 12.4. The number of hydrogen-bond donors (Lipinski definition) is 1. The van der Waals surface area contributed by atoms with Crippen LogP contribution in [-0.4, -0.2) is 47.5 Å². The summed E-state index contributed by atoms with van der Waals surface area (Å²) >= 11 is 1.42. The molecule has 126 valence electrons. The van der Waals surface area contributed by atoms with Gasteiger partial charge in [0.05, 0.1) is 19.3 Å². The van der Waals surface area contributed by atoms with Gasteiger partial charge in [0.15, 0.2) is 5.13 Å². The molecule has 7 heteroatoms. The molecule has 2 aliphatic rings. The summed E-state index contributed by atoms with van der Waals surface area (Å²) in [4.78, 5) is 30.8. The Labute approximate surface area is 140 Å². The van der Waals surface area contributed by atoms with Crippen LogP contribution in [0.25, 0.3) is 0 Å². The van der Waals surface area contributed by atoms with Gasteiger partial charge in [0.1, 0.15) is 6.04 Å². The van der Waals surface area contributed by atoms with Gasteiger partial charge in [-0.3, -0.25) is 14.5 Å². The van der Waals surface area contributed by atoms with Gasteiger partial charge in [0.2, 0.25) is 5.91 Å². The number of anilines is 1. The van der Waals surface area contributed by atoms with Gasteiger partial charge in [-0.15, -0.1) is 11.3 Å². The number of carbonyl (C=O) groups is 2. The molecule has 23 heavy (non-hydrogen) atoms. The van der Waals surface area contributed by atoms with Crippen LogP contribution in [-0.2, 0) is 14.3 Å². The molecule has 0 bridgehead atoms. The zero-order valence-electron chi connectivity index (χ0n) is 13.6. The monoisotopic (exact) mass is 337 g/mol. The van der Waals surface area contributed by atoms with Gasteiger partial charge in [0, 0.05) is 11.4 Å². The second kappa shape index (κ2) is 6.97. The molecule has 0 aromatic carbocycles. The summed E-state index contributed by atoms with van der Waals surface area (Å²) in [6.45, 7) is 2.12. The van der Waals surface area contributed by atoms with Crippen molar-refractivity contribution in [3.63, 3.8) is 0 Å². The Kier molecular flexibility index (Phi) is 4.96. The van der Waals surface area contributed by atoms with Crippen LogP contribution < -0.4 is 5.32 Å². The van der Waals surface area contributed by atoms with Crippen molar-refractivity contribution in [1.29, 1.82) is 0 Å². The summed E-state index contributed by atoms with van der Waals surface area (Å²) in [7, 11) is 1.42. The third-order valence-corrected chi connectivity index (χ3v) is 5.76. The van der Waals surface area contributed by atoms with Crippen molar-refractivity contribution in [2.45, 2.75) is 51.1 Å². The van der Waals surface area contributed by atoms with Crippen molar-refractivity contribution in [3.8, 4) is 0 Å². The van der Waals surface area contributed by atoms with Crippen LogP contribution in [0.5, 0.6) is 0 Å². The maximum atomic E-state index is 12.4. The number of amides is 1. The topological polar surface area (TPSA) is 71.5 Å². The number of nitrogens with one attached hydrogen (secondary N) is 1. The first-order valence-electron chi connectivity index (χ1n) is 8.14. The summed E-state index contributed by atoms with van der Waals surface area (Å²) < 4.78 is 4.95. The van der Waals surface area contributed by atoms with E-state index >= 15 is 0 Å². The molecule has 0 spiro atoms. The van der Waals surface area contributed by atoms with E-state index in [9.17, 15) is 9.59 Å². The standard InChI is InChI=1S/C16H23N3O3S/c1-10-9-23-16(17-10)18-14(20)8-19-12-6-4-3-5-11(12)7-13(19)15(21)22-2/h9,11-13H,3-8H2,1-2H3,(H,17,18,20)/t11-,12+,13-/m0/s1. The Morgan fingerprint density at radius 2 is 2.22 bits per heavy atom. The van der Waals surface area contributed by atoms with Crippen LogP contribution in [0.4, 0.5) is 5.13 Å². The number of fused-ring (bicyclic) bond motifs is 1. The van der Waals surface area contributed by atoms with Gasteiger partial charge < -0.3 is 10.1 Å². The van der Waals surface area contributed by atoms with Gasteiger partial charge in [-0.2, -0.15) is 0 Å². The minimum Gasteiger partial charge on any atom is -0.468 e. The Morgan fingerprint density at radius 1 is 1.43 bits per heavy atom. The number of methoxy groups -OCH3 is 1. The van der Waals surface area contributed by atoms with Crippen molar-refractivity contribution in [2.24, 2.45) is 5.92 Å². The largest absolute Gasteiger partial charge is 0.468 e. The van der Waals surface area contributed by atoms with Crippen LogP contribution in [0.2, 0.25) is 0 Å². The van der Waals surface area contributed by atoms with E-state index in [1.807, 2.05) is 17.2 Å². The SMILES string of the molecule is COC(=O)[C@@H]1C[C@@H]2CCCC[C@H]2N1CC(=O)Nc1nc(C)cs1. The summed E-state index contributed by atoms with van der Waals surface area (Å²) in [5.41, 5.74) is 0.895. The smallest absolute Gasteiger partial charge is 0.323 e. The van der Waals surface area contributed by atoms with Crippen LogP contribution in [0.1, 0.15) is 37.8 Å². The first-order valence-corrected chi connectivity index (χ1v) is 9.02. The van der Waals surface area contributed by atoms with Crippen LogP contribution >= 0.6 is 11.3 Å². The predicted octanol–water partition coefficient (Wildman–Crippen LogP) is 2.20. The van der Waals surface area contributed by atoms with Crippen LogP contribution in [0.15, 0.2) is 5.38 Å². The van der Waals surface area contributed by atoms with Gasteiger partial charge in [-0.05, 0) is 32.1 Å². The highest BCUT2D eigenvalue weighted by atomic mass is 32.1.